The van der Waals surface area contributed by atoms with Crippen molar-refractivity contribution in [1.29, 1.82) is 0 Å². The highest BCUT2D eigenvalue weighted by Gasteiger charge is 2.21. The van der Waals surface area contributed by atoms with Crippen LogP contribution in [0.1, 0.15) is 0 Å². The van der Waals surface area contributed by atoms with E-state index in [0.717, 1.165) is 65.9 Å². The molecule has 4 nitrogen and oxygen atoms in total. The fraction of sp³-hybridized carbons (Fsp3) is 0. The third kappa shape index (κ3) is 3.78. The quantitative estimate of drug-likeness (QED) is 0.172. The van der Waals surface area contributed by atoms with Crippen LogP contribution in [0.5, 0.6) is 0 Å². The smallest absolute Gasteiger partial charge is 0.235 e. The zero-order chi connectivity index (χ0) is 33.2. The minimum Gasteiger partial charge on any atom is -0.456 e. The number of hydrogen-bond acceptors (Lipinski definition) is 4. The number of rotatable bonds is 2. The fourth-order valence-corrected chi connectivity index (χ4v) is 9.41. The molecule has 0 aliphatic heterocycles. The Labute approximate surface area is 294 Å². The third-order valence-corrected chi connectivity index (χ3v) is 11.7. The topological polar surface area (TPSA) is 43.9 Å². The van der Waals surface area contributed by atoms with E-state index in [9.17, 15) is 0 Å². The molecule has 236 valence electrons. The maximum absolute atomic E-state index is 6.21. The maximum atomic E-state index is 6.21. The Hall–Kier alpha value is -6.56. The second-order valence-corrected chi connectivity index (χ2v) is 14.4. The fourth-order valence-electron chi connectivity index (χ4n) is 8.27. The van der Waals surface area contributed by atoms with E-state index in [1.54, 1.807) is 0 Å². The van der Waals surface area contributed by atoms with Gasteiger partial charge in [0.15, 0.2) is 0 Å². The molecule has 0 unspecified atom stereocenters. The molecule has 0 aliphatic rings. The molecule has 0 fully saturated rings. The summed E-state index contributed by atoms with van der Waals surface area (Å²) < 4.78 is 11.0. The number of aromatic nitrogens is 3. The van der Waals surface area contributed by atoms with Gasteiger partial charge in [-0.1, -0.05) is 97.1 Å². The SMILES string of the molecule is c1ccc2c(c1)ccc1c(-c3ccc4oc5ccccc5c4c3)nc(-n3c4ccccc4c4cc5c(cc43)sc3ccc4ccccc4c35)nc12. The number of para-hydroxylation sites is 2. The first-order valence-corrected chi connectivity index (χ1v) is 18.0. The van der Waals surface area contributed by atoms with E-state index >= 15 is 0 Å². The lowest BCUT2D eigenvalue weighted by molar-refractivity contribution is 0.669. The van der Waals surface area contributed by atoms with Gasteiger partial charge in [-0.15, -0.1) is 11.3 Å². The zero-order valence-corrected chi connectivity index (χ0v) is 27.9. The molecule has 0 bridgehead atoms. The molecule has 5 heteroatoms. The summed E-state index contributed by atoms with van der Waals surface area (Å²) in [5, 5.41) is 13.0. The Bertz CT molecular complexity index is 3440. The summed E-state index contributed by atoms with van der Waals surface area (Å²) in [6.07, 6.45) is 0. The molecular weight excluding hydrogens is 643 g/mol. The largest absolute Gasteiger partial charge is 0.456 e. The summed E-state index contributed by atoms with van der Waals surface area (Å²) in [6, 6.07) is 54.1. The molecule has 0 N–H and O–H groups in total. The molecule has 0 aliphatic carbocycles. The molecule has 12 aromatic rings. The highest BCUT2D eigenvalue weighted by atomic mass is 32.1. The lowest BCUT2D eigenvalue weighted by Gasteiger charge is -2.13. The Balaban J connectivity index is 1.20. The lowest BCUT2D eigenvalue weighted by Crippen LogP contribution is -2.03. The van der Waals surface area contributed by atoms with Gasteiger partial charge >= 0.3 is 0 Å². The van der Waals surface area contributed by atoms with Crippen molar-refractivity contribution in [3.05, 3.63) is 152 Å². The Morgan fingerprint density at radius 3 is 2.08 bits per heavy atom. The Morgan fingerprint density at radius 2 is 1.18 bits per heavy atom. The van der Waals surface area contributed by atoms with Crippen LogP contribution in [0.25, 0.3) is 114 Å². The number of fused-ring (bicyclic) bond motifs is 14. The van der Waals surface area contributed by atoms with Crippen molar-refractivity contribution in [3.63, 3.8) is 0 Å². The third-order valence-electron chi connectivity index (χ3n) is 10.6. The van der Waals surface area contributed by atoms with Gasteiger partial charge in [-0.05, 0) is 70.8 Å². The van der Waals surface area contributed by atoms with Crippen molar-refractivity contribution in [3.8, 4) is 17.2 Å². The summed E-state index contributed by atoms with van der Waals surface area (Å²) in [5.41, 5.74) is 6.79. The van der Waals surface area contributed by atoms with Crippen molar-refractivity contribution in [2.45, 2.75) is 0 Å². The molecule has 8 aromatic carbocycles. The van der Waals surface area contributed by atoms with Crippen molar-refractivity contribution in [1.82, 2.24) is 14.5 Å². The van der Waals surface area contributed by atoms with Crippen LogP contribution in [0.2, 0.25) is 0 Å². The standard InChI is InChI=1S/C46H25N3OS/c1-3-11-29-26(9-1)19-22-41-43(29)36-24-34-31-13-5-7-15-37(31)49(38(34)25-42(36)51-41)46-47-44(33-20-17-27-10-2-4-12-30(27)45(33)48-46)28-18-21-40-35(23-28)32-14-6-8-16-39(32)50-40/h1-25H. The summed E-state index contributed by atoms with van der Waals surface area (Å²) in [6.45, 7) is 0. The van der Waals surface area contributed by atoms with Gasteiger partial charge in [-0.3, -0.25) is 4.57 Å². The molecule has 51 heavy (non-hydrogen) atoms. The average Bonchev–Trinajstić information content (AvgIpc) is 3.85. The van der Waals surface area contributed by atoms with E-state index in [1.807, 2.05) is 23.5 Å². The molecule has 4 heterocycles. The minimum absolute atomic E-state index is 0.656. The molecule has 0 saturated heterocycles. The number of nitrogens with zero attached hydrogens (tertiary/aromatic N) is 3. The second kappa shape index (κ2) is 10.0. The van der Waals surface area contributed by atoms with Crippen LogP contribution < -0.4 is 0 Å². The molecule has 12 rings (SSSR count). The van der Waals surface area contributed by atoms with Crippen LogP contribution in [-0.2, 0) is 0 Å². The predicted molar refractivity (Wildman–Crippen MR) is 214 cm³/mol. The van der Waals surface area contributed by atoms with Crippen LogP contribution in [0.4, 0.5) is 0 Å². The van der Waals surface area contributed by atoms with Gasteiger partial charge in [-0.25, -0.2) is 9.97 Å². The van der Waals surface area contributed by atoms with Crippen LogP contribution in [0.3, 0.4) is 0 Å². The molecule has 0 radical (unpaired) electrons. The van der Waals surface area contributed by atoms with E-state index in [1.165, 1.54) is 41.7 Å². The van der Waals surface area contributed by atoms with Crippen molar-refractivity contribution in [2.24, 2.45) is 0 Å². The average molecular weight is 668 g/mol. The van der Waals surface area contributed by atoms with Gasteiger partial charge in [0, 0.05) is 58.1 Å². The number of benzene rings is 8. The Kier molecular flexibility index (Phi) is 5.35. The Morgan fingerprint density at radius 1 is 0.451 bits per heavy atom. The van der Waals surface area contributed by atoms with E-state index in [4.69, 9.17) is 14.4 Å². The molecule has 0 amide bonds. The first-order chi connectivity index (χ1) is 25.3. The van der Waals surface area contributed by atoms with Gasteiger partial charge in [0.25, 0.3) is 0 Å². The van der Waals surface area contributed by atoms with E-state index in [2.05, 4.69) is 144 Å². The zero-order valence-electron chi connectivity index (χ0n) is 27.1. The monoisotopic (exact) mass is 667 g/mol. The minimum atomic E-state index is 0.656. The van der Waals surface area contributed by atoms with Gasteiger partial charge < -0.3 is 4.42 Å². The molecule has 4 aromatic heterocycles. The van der Waals surface area contributed by atoms with E-state index in [0.29, 0.717) is 5.95 Å². The van der Waals surface area contributed by atoms with E-state index in [-0.39, 0.29) is 0 Å². The van der Waals surface area contributed by atoms with Crippen LogP contribution in [0, 0.1) is 0 Å². The number of hydrogen-bond donors (Lipinski definition) is 0. The van der Waals surface area contributed by atoms with Crippen LogP contribution >= 0.6 is 11.3 Å². The highest BCUT2D eigenvalue weighted by molar-refractivity contribution is 7.26. The normalized spacial score (nSPS) is 12.3. The van der Waals surface area contributed by atoms with E-state index < -0.39 is 0 Å². The molecule has 0 atom stereocenters. The first kappa shape index (κ1) is 27.3. The number of thiophene rings is 1. The second-order valence-electron chi connectivity index (χ2n) is 13.3. The summed E-state index contributed by atoms with van der Waals surface area (Å²) >= 11 is 1.85. The van der Waals surface area contributed by atoms with Gasteiger partial charge in [0.1, 0.15) is 11.2 Å². The summed E-state index contributed by atoms with van der Waals surface area (Å²) in [7, 11) is 0. The number of furan rings is 1. The highest BCUT2D eigenvalue weighted by Crippen LogP contribution is 2.43. The van der Waals surface area contributed by atoms with Gasteiger partial charge in [0.2, 0.25) is 5.95 Å². The van der Waals surface area contributed by atoms with Crippen LogP contribution in [-0.4, -0.2) is 14.5 Å². The molecule has 0 spiro atoms. The van der Waals surface area contributed by atoms with Gasteiger partial charge in [-0.2, -0.15) is 0 Å². The lowest BCUT2D eigenvalue weighted by atomic mass is 10.0. The molecule has 0 saturated carbocycles. The van der Waals surface area contributed by atoms with Crippen molar-refractivity contribution < 1.29 is 4.42 Å². The molecular formula is C46H25N3OS. The van der Waals surface area contributed by atoms with Gasteiger partial charge in [0.05, 0.1) is 22.2 Å². The summed E-state index contributed by atoms with van der Waals surface area (Å²) in [5.74, 6) is 0.656. The summed E-state index contributed by atoms with van der Waals surface area (Å²) in [4.78, 5) is 10.9. The first-order valence-electron chi connectivity index (χ1n) is 17.2. The maximum Gasteiger partial charge on any atom is 0.235 e. The van der Waals surface area contributed by atoms with Crippen LogP contribution in [0.15, 0.2) is 156 Å². The predicted octanol–water partition coefficient (Wildman–Crippen LogP) is 13.0. The van der Waals surface area contributed by atoms with Crippen molar-refractivity contribution >= 4 is 108 Å². The van der Waals surface area contributed by atoms with Crippen molar-refractivity contribution in [2.75, 3.05) is 0 Å².